The average molecular weight is 386 g/mol. The van der Waals surface area contributed by atoms with Gasteiger partial charge in [-0.2, -0.15) is 0 Å². The molecule has 1 fully saturated rings. The van der Waals surface area contributed by atoms with Crippen molar-refractivity contribution in [3.63, 3.8) is 0 Å². The Morgan fingerprint density at radius 2 is 1.96 bits per heavy atom. The summed E-state index contributed by atoms with van der Waals surface area (Å²) >= 11 is 0. The monoisotopic (exact) mass is 385 g/mol. The Hall–Kier alpha value is -1.83. The lowest BCUT2D eigenvalue weighted by atomic mass is 10.1. The Morgan fingerprint density at radius 3 is 2.58 bits per heavy atom. The molecule has 146 valence electrons. The predicted molar refractivity (Wildman–Crippen MR) is 103 cm³/mol. The number of nitrogens with one attached hydrogen (secondary N) is 1. The number of rotatable bonds is 7. The van der Waals surface area contributed by atoms with Crippen LogP contribution in [0.2, 0.25) is 0 Å². The van der Waals surface area contributed by atoms with Gasteiger partial charge in [0.1, 0.15) is 11.8 Å². The van der Waals surface area contributed by atoms with Gasteiger partial charge in [-0.1, -0.05) is 0 Å². The second kappa shape index (κ2) is 11.0. The molecule has 1 aromatic carbocycles. The van der Waals surface area contributed by atoms with Gasteiger partial charge in [0, 0.05) is 25.8 Å². The molecule has 1 atom stereocenters. The first-order valence-electron chi connectivity index (χ1n) is 8.68. The van der Waals surface area contributed by atoms with Crippen molar-refractivity contribution in [1.82, 2.24) is 4.90 Å². The van der Waals surface area contributed by atoms with E-state index in [1.54, 1.807) is 18.2 Å². The Morgan fingerprint density at radius 1 is 1.27 bits per heavy atom. The maximum atomic E-state index is 12.7. The zero-order valence-corrected chi connectivity index (χ0v) is 16.1. The number of hydrogen-bond acceptors (Lipinski definition) is 5. The number of carbonyl (C=O) groups excluding carboxylic acids is 2. The predicted octanol–water partition coefficient (Wildman–Crippen LogP) is 2.05. The van der Waals surface area contributed by atoms with Crippen LogP contribution in [0.1, 0.15) is 36.5 Å². The second-order valence-corrected chi connectivity index (χ2v) is 6.05. The number of ether oxygens (including phenoxy) is 2. The van der Waals surface area contributed by atoms with Crippen molar-refractivity contribution in [1.29, 1.82) is 0 Å². The molecule has 2 rings (SSSR count). The summed E-state index contributed by atoms with van der Waals surface area (Å²) in [5.74, 6) is 0.0977. The highest BCUT2D eigenvalue weighted by Crippen LogP contribution is 2.27. The van der Waals surface area contributed by atoms with E-state index in [2.05, 4.69) is 5.32 Å². The Balaban J connectivity index is 0.00000338. The van der Waals surface area contributed by atoms with Gasteiger partial charge >= 0.3 is 0 Å². The molecule has 0 bridgehead atoms. The van der Waals surface area contributed by atoms with Crippen LogP contribution < -0.4 is 15.8 Å². The molecule has 1 aromatic rings. The van der Waals surface area contributed by atoms with E-state index in [0.29, 0.717) is 23.6 Å². The molecule has 8 heteroatoms. The molecule has 1 aliphatic rings. The fourth-order valence-electron chi connectivity index (χ4n) is 2.80. The molecule has 7 nitrogen and oxygen atoms in total. The van der Waals surface area contributed by atoms with Gasteiger partial charge in [0.15, 0.2) is 0 Å². The van der Waals surface area contributed by atoms with Crippen LogP contribution in [-0.4, -0.2) is 56.2 Å². The summed E-state index contributed by atoms with van der Waals surface area (Å²) in [5, 5.41) is 2.74. The first kappa shape index (κ1) is 22.2. The molecular formula is C18H28ClN3O4. The minimum Gasteiger partial charge on any atom is -0.492 e. The van der Waals surface area contributed by atoms with Gasteiger partial charge < -0.3 is 25.4 Å². The van der Waals surface area contributed by atoms with E-state index in [1.807, 2.05) is 11.8 Å². The number of likely N-dealkylation sites (tertiary alicyclic amines) is 1. The molecule has 1 heterocycles. The first-order chi connectivity index (χ1) is 12.1. The van der Waals surface area contributed by atoms with E-state index in [1.165, 1.54) is 7.11 Å². The molecular weight excluding hydrogens is 358 g/mol. The average Bonchev–Trinajstić information content (AvgIpc) is 2.63. The minimum atomic E-state index is -0.791. The molecule has 0 aromatic heterocycles. The molecule has 0 saturated carbocycles. The molecule has 1 aliphatic heterocycles. The van der Waals surface area contributed by atoms with Gasteiger partial charge in [-0.25, -0.2) is 0 Å². The fourth-order valence-corrected chi connectivity index (χ4v) is 2.80. The van der Waals surface area contributed by atoms with Crippen LogP contribution in [0.4, 0.5) is 5.69 Å². The summed E-state index contributed by atoms with van der Waals surface area (Å²) in [4.78, 5) is 26.7. The van der Waals surface area contributed by atoms with Crippen molar-refractivity contribution < 1.29 is 19.1 Å². The van der Waals surface area contributed by atoms with Crippen LogP contribution in [0.15, 0.2) is 18.2 Å². The number of nitrogens with zero attached hydrogens (tertiary/aromatic N) is 1. The maximum Gasteiger partial charge on any atom is 0.253 e. The highest BCUT2D eigenvalue weighted by Gasteiger charge is 2.21. The summed E-state index contributed by atoms with van der Waals surface area (Å²) in [5.41, 5.74) is 6.74. The smallest absolute Gasteiger partial charge is 0.253 e. The zero-order valence-electron chi connectivity index (χ0n) is 15.3. The number of piperidine rings is 1. The van der Waals surface area contributed by atoms with Gasteiger partial charge in [0.2, 0.25) is 5.91 Å². The highest BCUT2D eigenvalue weighted by molar-refractivity contribution is 5.99. The quantitative estimate of drug-likeness (QED) is 0.749. The van der Waals surface area contributed by atoms with E-state index in [4.69, 9.17) is 15.2 Å². The molecule has 2 amide bonds. The topological polar surface area (TPSA) is 93.9 Å². The van der Waals surface area contributed by atoms with E-state index in [0.717, 1.165) is 32.4 Å². The summed E-state index contributed by atoms with van der Waals surface area (Å²) in [6, 6.07) is 4.30. The Bertz CT molecular complexity index is 606. The highest BCUT2D eigenvalue weighted by atomic mass is 35.5. The van der Waals surface area contributed by atoms with Crippen molar-refractivity contribution in [3.05, 3.63) is 23.8 Å². The van der Waals surface area contributed by atoms with Crippen LogP contribution in [0.25, 0.3) is 0 Å². The summed E-state index contributed by atoms with van der Waals surface area (Å²) in [6.07, 6.45) is 3.21. The van der Waals surface area contributed by atoms with E-state index < -0.39 is 6.04 Å². The van der Waals surface area contributed by atoms with Crippen LogP contribution in [0.3, 0.4) is 0 Å². The minimum absolute atomic E-state index is 0. The van der Waals surface area contributed by atoms with Crippen molar-refractivity contribution >= 4 is 29.9 Å². The molecule has 0 radical (unpaired) electrons. The summed E-state index contributed by atoms with van der Waals surface area (Å²) in [7, 11) is 1.48. The third kappa shape index (κ3) is 5.86. The van der Waals surface area contributed by atoms with Crippen LogP contribution >= 0.6 is 12.4 Å². The molecule has 1 saturated heterocycles. The third-order valence-corrected chi connectivity index (χ3v) is 4.11. The number of benzene rings is 1. The Labute approximate surface area is 160 Å². The molecule has 3 N–H and O–H groups in total. The summed E-state index contributed by atoms with van der Waals surface area (Å²) < 4.78 is 10.4. The van der Waals surface area contributed by atoms with Crippen molar-refractivity contribution in [3.8, 4) is 5.75 Å². The number of carbonyl (C=O) groups is 2. The normalized spacial score (nSPS) is 15.0. The van der Waals surface area contributed by atoms with Gasteiger partial charge in [-0.15, -0.1) is 12.4 Å². The fraction of sp³-hybridized carbons (Fsp3) is 0.556. The van der Waals surface area contributed by atoms with Gasteiger partial charge in [0.05, 0.1) is 18.9 Å². The SMILES string of the molecule is CCOc1ccc(C(=O)N2CCCCC2)cc1NC(=O)C(N)COC.Cl. The first-order valence-corrected chi connectivity index (χ1v) is 8.68. The molecule has 26 heavy (non-hydrogen) atoms. The zero-order chi connectivity index (χ0) is 18.2. The van der Waals surface area contributed by atoms with Crippen molar-refractivity contribution in [2.75, 3.05) is 38.7 Å². The number of methoxy groups -OCH3 is 1. The molecule has 0 aliphatic carbocycles. The maximum absolute atomic E-state index is 12.7. The van der Waals surface area contributed by atoms with E-state index >= 15 is 0 Å². The molecule has 1 unspecified atom stereocenters. The lowest BCUT2D eigenvalue weighted by molar-refractivity contribution is -0.118. The Kier molecular flexibility index (Phi) is 9.40. The lowest BCUT2D eigenvalue weighted by Gasteiger charge is -2.27. The lowest BCUT2D eigenvalue weighted by Crippen LogP contribution is -2.39. The van der Waals surface area contributed by atoms with Gasteiger partial charge in [-0.3, -0.25) is 9.59 Å². The van der Waals surface area contributed by atoms with Crippen LogP contribution in [-0.2, 0) is 9.53 Å². The number of halogens is 1. The number of anilines is 1. The number of amides is 2. The van der Waals surface area contributed by atoms with Crippen molar-refractivity contribution in [2.45, 2.75) is 32.2 Å². The van der Waals surface area contributed by atoms with Gasteiger partial charge in [-0.05, 0) is 44.4 Å². The van der Waals surface area contributed by atoms with Gasteiger partial charge in [0.25, 0.3) is 5.91 Å². The number of nitrogens with two attached hydrogens (primary N) is 1. The second-order valence-electron chi connectivity index (χ2n) is 6.05. The third-order valence-electron chi connectivity index (χ3n) is 4.11. The molecule has 0 spiro atoms. The van der Waals surface area contributed by atoms with Crippen molar-refractivity contribution in [2.24, 2.45) is 5.73 Å². The van der Waals surface area contributed by atoms with Crippen LogP contribution in [0, 0.1) is 0 Å². The summed E-state index contributed by atoms with van der Waals surface area (Å²) in [6.45, 7) is 3.96. The van der Waals surface area contributed by atoms with Crippen LogP contribution in [0.5, 0.6) is 5.75 Å². The standard InChI is InChI=1S/C18H27N3O4.ClH/c1-3-25-16-8-7-13(18(23)21-9-5-4-6-10-21)11-15(16)20-17(22)14(19)12-24-2;/h7-8,11,14H,3-6,9-10,12,19H2,1-2H3,(H,20,22);1H. The van der Waals surface area contributed by atoms with E-state index in [9.17, 15) is 9.59 Å². The van der Waals surface area contributed by atoms with E-state index in [-0.39, 0.29) is 30.8 Å². The largest absolute Gasteiger partial charge is 0.492 e. The number of hydrogen-bond donors (Lipinski definition) is 2.